The van der Waals surface area contributed by atoms with Crippen LogP contribution >= 0.6 is 0 Å². The molecular formula is C42H28N4. The summed E-state index contributed by atoms with van der Waals surface area (Å²) in [5, 5.41) is 2.21. The minimum atomic E-state index is 0.0745. The molecule has 0 aliphatic heterocycles. The number of imidazole rings is 2. The largest absolute Gasteiger partial charge is 0.292 e. The first kappa shape index (κ1) is 25.3. The van der Waals surface area contributed by atoms with Gasteiger partial charge in [0.25, 0.3) is 0 Å². The molecule has 4 nitrogen and oxygen atoms in total. The molecule has 0 spiro atoms. The van der Waals surface area contributed by atoms with Crippen LogP contribution in [0.4, 0.5) is 0 Å². The zero-order valence-electron chi connectivity index (χ0n) is 25.0. The molecule has 4 heteroatoms. The molecule has 6 aromatic rings. The Hall–Kier alpha value is -6.00. The van der Waals surface area contributed by atoms with Gasteiger partial charge in [-0.3, -0.25) is 9.13 Å². The monoisotopic (exact) mass is 588 g/mol. The van der Waals surface area contributed by atoms with Crippen LogP contribution in [0.25, 0.3) is 56.4 Å². The molecule has 0 saturated carbocycles. The molecule has 0 radical (unpaired) electrons. The maximum Gasteiger partial charge on any atom is 0.145 e. The van der Waals surface area contributed by atoms with Crippen LogP contribution in [0.2, 0.25) is 0 Å². The van der Waals surface area contributed by atoms with E-state index in [1.807, 2.05) is 0 Å². The molecule has 0 bridgehead atoms. The number of rotatable bonds is 4. The number of aromatic nitrogens is 4. The van der Waals surface area contributed by atoms with E-state index in [2.05, 4.69) is 161 Å². The summed E-state index contributed by atoms with van der Waals surface area (Å²) in [5.41, 5.74) is 13.1. The lowest BCUT2D eigenvalue weighted by Crippen LogP contribution is -2.41. The molecule has 10 rings (SSSR count). The Kier molecular flexibility index (Phi) is 5.37. The van der Waals surface area contributed by atoms with Gasteiger partial charge in [-0.1, -0.05) is 127 Å². The lowest BCUT2D eigenvalue weighted by molar-refractivity contribution is 0.942. The summed E-state index contributed by atoms with van der Waals surface area (Å²) in [5.74, 6) is 2.00. The third kappa shape index (κ3) is 3.50. The predicted molar refractivity (Wildman–Crippen MR) is 185 cm³/mol. The van der Waals surface area contributed by atoms with Gasteiger partial charge in [0.05, 0.1) is 22.1 Å². The number of benzene rings is 4. The molecule has 2 aromatic heterocycles. The zero-order valence-corrected chi connectivity index (χ0v) is 25.0. The minimum Gasteiger partial charge on any atom is -0.292 e. The van der Waals surface area contributed by atoms with E-state index in [0.717, 1.165) is 57.0 Å². The Labute approximate surface area is 266 Å². The van der Waals surface area contributed by atoms with E-state index in [1.165, 1.54) is 33.6 Å². The van der Waals surface area contributed by atoms with E-state index < -0.39 is 0 Å². The van der Waals surface area contributed by atoms with Crippen LogP contribution in [0.15, 0.2) is 157 Å². The summed E-state index contributed by atoms with van der Waals surface area (Å²) in [6.07, 6.45) is 12.3. The average molecular weight is 589 g/mol. The van der Waals surface area contributed by atoms with Crippen molar-refractivity contribution in [3.63, 3.8) is 0 Å². The Balaban J connectivity index is 1.36. The van der Waals surface area contributed by atoms with Crippen LogP contribution in [0, 0.1) is 5.92 Å². The van der Waals surface area contributed by atoms with Crippen molar-refractivity contribution in [3.8, 4) is 34.2 Å². The fourth-order valence-electron chi connectivity index (χ4n) is 7.76. The third-order valence-corrected chi connectivity index (χ3v) is 9.62. The van der Waals surface area contributed by atoms with Gasteiger partial charge in [0.2, 0.25) is 0 Å². The van der Waals surface area contributed by atoms with Crippen molar-refractivity contribution in [2.45, 2.75) is 6.42 Å². The van der Waals surface area contributed by atoms with Gasteiger partial charge in [0.15, 0.2) is 0 Å². The molecule has 0 N–H and O–H groups in total. The Morgan fingerprint density at radius 3 is 1.85 bits per heavy atom. The van der Waals surface area contributed by atoms with E-state index in [0.29, 0.717) is 0 Å². The molecule has 0 saturated heterocycles. The highest BCUT2D eigenvalue weighted by atomic mass is 15.1. The second-order valence-electron chi connectivity index (χ2n) is 12.1. The fourth-order valence-corrected chi connectivity index (χ4v) is 7.76. The molecule has 1 unspecified atom stereocenters. The molecule has 216 valence electrons. The van der Waals surface area contributed by atoms with E-state index in [1.54, 1.807) is 0 Å². The topological polar surface area (TPSA) is 35.6 Å². The van der Waals surface area contributed by atoms with Crippen LogP contribution in [0.3, 0.4) is 0 Å². The fraction of sp³-hybridized carbons (Fsp3) is 0.0476. The van der Waals surface area contributed by atoms with Gasteiger partial charge in [-0.25, -0.2) is 9.97 Å². The summed E-state index contributed by atoms with van der Waals surface area (Å²) in [6, 6.07) is 42.5. The highest BCUT2D eigenvalue weighted by Crippen LogP contribution is 2.54. The van der Waals surface area contributed by atoms with Gasteiger partial charge in [0, 0.05) is 34.0 Å². The van der Waals surface area contributed by atoms with Crippen molar-refractivity contribution in [3.05, 3.63) is 179 Å². The molecule has 46 heavy (non-hydrogen) atoms. The van der Waals surface area contributed by atoms with Crippen molar-refractivity contribution in [1.29, 1.82) is 0 Å². The molecule has 1 atom stereocenters. The molecule has 2 heterocycles. The van der Waals surface area contributed by atoms with Crippen molar-refractivity contribution >= 4 is 22.3 Å². The number of fused-ring (bicyclic) bond motifs is 4. The van der Waals surface area contributed by atoms with Crippen molar-refractivity contribution in [2.24, 2.45) is 5.92 Å². The van der Waals surface area contributed by atoms with Crippen LogP contribution in [-0.4, -0.2) is 19.1 Å². The number of hydrogen-bond acceptors (Lipinski definition) is 2. The lowest BCUT2D eigenvalue weighted by atomic mass is 9.67. The van der Waals surface area contributed by atoms with Crippen LogP contribution < -0.4 is 10.7 Å². The van der Waals surface area contributed by atoms with Gasteiger partial charge >= 0.3 is 0 Å². The highest BCUT2D eigenvalue weighted by Gasteiger charge is 2.43. The summed E-state index contributed by atoms with van der Waals surface area (Å²) >= 11 is 0. The lowest BCUT2D eigenvalue weighted by Gasteiger charge is -2.37. The summed E-state index contributed by atoms with van der Waals surface area (Å²) in [4.78, 5) is 11.0. The normalized spacial score (nSPS) is 17.0. The van der Waals surface area contributed by atoms with Crippen LogP contribution in [0.1, 0.15) is 17.8 Å². The molecular weight excluding hydrogens is 560 g/mol. The van der Waals surface area contributed by atoms with Gasteiger partial charge in [0.1, 0.15) is 11.6 Å². The Morgan fingerprint density at radius 2 is 1.20 bits per heavy atom. The number of para-hydroxylation sites is 2. The van der Waals surface area contributed by atoms with E-state index in [-0.39, 0.29) is 5.92 Å². The second-order valence-corrected chi connectivity index (χ2v) is 12.1. The first-order valence-corrected chi connectivity index (χ1v) is 15.9. The van der Waals surface area contributed by atoms with Gasteiger partial charge in [-0.2, -0.15) is 0 Å². The minimum absolute atomic E-state index is 0.0745. The van der Waals surface area contributed by atoms with Crippen molar-refractivity contribution in [1.82, 2.24) is 19.1 Å². The summed E-state index contributed by atoms with van der Waals surface area (Å²) in [7, 11) is 0. The number of hydrogen-bond donors (Lipinski definition) is 0. The summed E-state index contributed by atoms with van der Waals surface area (Å²) < 4.78 is 4.76. The van der Waals surface area contributed by atoms with Crippen LogP contribution in [-0.2, 0) is 0 Å². The maximum absolute atomic E-state index is 5.48. The first-order chi connectivity index (χ1) is 22.9. The molecule has 4 aromatic carbocycles. The van der Waals surface area contributed by atoms with Gasteiger partial charge in [-0.15, -0.1) is 0 Å². The predicted octanol–water partition coefficient (Wildman–Crippen LogP) is 7.70. The van der Waals surface area contributed by atoms with Gasteiger partial charge < -0.3 is 0 Å². The average Bonchev–Trinajstić information content (AvgIpc) is 3.74. The summed E-state index contributed by atoms with van der Waals surface area (Å²) in [6.45, 7) is 0. The van der Waals surface area contributed by atoms with Crippen molar-refractivity contribution < 1.29 is 0 Å². The van der Waals surface area contributed by atoms with E-state index in [9.17, 15) is 0 Å². The maximum atomic E-state index is 5.48. The second kappa shape index (κ2) is 9.75. The van der Waals surface area contributed by atoms with Crippen molar-refractivity contribution in [2.75, 3.05) is 0 Å². The Morgan fingerprint density at radius 1 is 0.609 bits per heavy atom. The quantitative estimate of drug-likeness (QED) is 0.212. The highest BCUT2D eigenvalue weighted by molar-refractivity contribution is 6.05. The molecule has 4 aliphatic rings. The van der Waals surface area contributed by atoms with Gasteiger partial charge in [-0.05, 0) is 53.0 Å². The number of nitrogens with zero attached hydrogens (tertiary/aromatic N) is 4. The van der Waals surface area contributed by atoms with E-state index in [4.69, 9.17) is 9.97 Å². The first-order valence-electron chi connectivity index (χ1n) is 15.9. The number of allylic oxidation sites excluding steroid dienone is 8. The third-order valence-electron chi connectivity index (χ3n) is 9.62. The zero-order chi connectivity index (χ0) is 30.2. The Bertz CT molecular complexity index is 2450. The smallest absolute Gasteiger partial charge is 0.145 e. The standard InChI is InChI=1S/C42H28N4/c1-5-15-27(16-6-1)41-43-37-31-23-13-24-32-35(31)36-33(39(37)45(41)29-19-9-3-10-20-29)25-14-26-34(36)40-38(32)44-42(28-17-7-2-8-18-28)46(40)30-21-11-4-12-22-30/h1-25,35H,26H2. The van der Waals surface area contributed by atoms with Crippen LogP contribution in [0.5, 0.6) is 0 Å². The molecule has 0 amide bonds. The van der Waals surface area contributed by atoms with E-state index >= 15 is 0 Å². The molecule has 0 fully saturated rings. The SMILES string of the molecule is C1=CC2=c3nc(-c4ccccc4)n(-c4ccccc4)c3=C3C=CCC4=C3C2C(=C1)c1nc(-c2ccccc2)n(-c2ccccc2)c14. The molecule has 4 aliphatic carbocycles.